The van der Waals surface area contributed by atoms with E-state index in [0.29, 0.717) is 6.42 Å². The Morgan fingerprint density at radius 2 is 2.10 bits per heavy atom. The standard InChI is InChI=1S/C16H17N3O/c1-2-19-11-12(10-18-19)9-15(20)14-7-3-5-13-6-4-8-17-16(13)14/h3-8,10-11,15,20H,2,9H2,1H3. The largest absolute Gasteiger partial charge is 0.388 e. The van der Waals surface area contributed by atoms with Crippen LogP contribution in [0.15, 0.2) is 48.9 Å². The third-order valence-electron chi connectivity index (χ3n) is 3.46. The number of pyridine rings is 1. The second kappa shape index (κ2) is 5.43. The summed E-state index contributed by atoms with van der Waals surface area (Å²) in [5.74, 6) is 0. The molecule has 1 aromatic carbocycles. The van der Waals surface area contributed by atoms with Crippen molar-refractivity contribution in [1.29, 1.82) is 0 Å². The molecule has 2 heterocycles. The van der Waals surface area contributed by atoms with Gasteiger partial charge >= 0.3 is 0 Å². The highest BCUT2D eigenvalue weighted by Gasteiger charge is 2.13. The number of hydrogen-bond acceptors (Lipinski definition) is 3. The molecule has 0 radical (unpaired) electrons. The zero-order valence-corrected chi connectivity index (χ0v) is 11.4. The fourth-order valence-corrected chi connectivity index (χ4v) is 2.41. The normalized spacial score (nSPS) is 12.7. The number of fused-ring (bicyclic) bond motifs is 1. The number of para-hydroxylation sites is 1. The Hall–Kier alpha value is -2.20. The molecule has 1 unspecified atom stereocenters. The molecular weight excluding hydrogens is 250 g/mol. The van der Waals surface area contributed by atoms with E-state index in [9.17, 15) is 5.11 Å². The summed E-state index contributed by atoms with van der Waals surface area (Å²) in [5, 5.41) is 15.8. The number of rotatable bonds is 4. The molecule has 3 rings (SSSR count). The van der Waals surface area contributed by atoms with Gasteiger partial charge in [-0.25, -0.2) is 0 Å². The number of hydrogen-bond donors (Lipinski definition) is 1. The SMILES string of the molecule is CCn1cc(CC(O)c2cccc3cccnc23)cn1. The molecule has 4 nitrogen and oxygen atoms in total. The highest BCUT2D eigenvalue weighted by Crippen LogP contribution is 2.24. The molecule has 1 atom stereocenters. The van der Waals surface area contributed by atoms with E-state index in [1.165, 1.54) is 0 Å². The van der Waals surface area contributed by atoms with Crippen LogP contribution in [0.25, 0.3) is 10.9 Å². The summed E-state index contributed by atoms with van der Waals surface area (Å²) in [4.78, 5) is 4.38. The van der Waals surface area contributed by atoms with E-state index in [-0.39, 0.29) is 0 Å². The highest BCUT2D eigenvalue weighted by molar-refractivity contribution is 5.81. The number of nitrogens with zero attached hydrogens (tertiary/aromatic N) is 3. The Labute approximate surface area is 117 Å². The summed E-state index contributed by atoms with van der Waals surface area (Å²) in [6.07, 6.45) is 5.53. The summed E-state index contributed by atoms with van der Waals surface area (Å²) in [5.41, 5.74) is 2.77. The van der Waals surface area contributed by atoms with Crippen molar-refractivity contribution < 1.29 is 5.11 Å². The summed E-state index contributed by atoms with van der Waals surface area (Å²) in [6, 6.07) is 9.81. The van der Waals surface area contributed by atoms with Gasteiger partial charge in [0.25, 0.3) is 0 Å². The molecule has 3 aromatic rings. The van der Waals surface area contributed by atoms with Crippen molar-refractivity contribution in [2.45, 2.75) is 26.0 Å². The fraction of sp³-hybridized carbons (Fsp3) is 0.250. The van der Waals surface area contributed by atoms with Crippen molar-refractivity contribution >= 4 is 10.9 Å². The van der Waals surface area contributed by atoms with Gasteiger partial charge in [0.1, 0.15) is 0 Å². The van der Waals surface area contributed by atoms with Crippen molar-refractivity contribution in [2.24, 2.45) is 0 Å². The first-order valence-corrected chi connectivity index (χ1v) is 6.81. The maximum absolute atomic E-state index is 10.5. The van der Waals surface area contributed by atoms with Gasteiger partial charge < -0.3 is 5.11 Å². The summed E-state index contributed by atoms with van der Waals surface area (Å²) in [6.45, 7) is 2.88. The fourth-order valence-electron chi connectivity index (χ4n) is 2.41. The van der Waals surface area contributed by atoms with Crippen molar-refractivity contribution in [3.8, 4) is 0 Å². The summed E-state index contributed by atoms with van der Waals surface area (Å²) >= 11 is 0. The zero-order chi connectivity index (χ0) is 13.9. The van der Waals surface area contributed by atoms with Crippen LogP contribution in [0, 0.1) is 0 Å². The predicted molar refractivity (Wildman–Crippen MR) is 78.3 cm³/mol. The second-order valence-electron chi connectivity index (χ2n) is 4.85. The number of aliphatic hydroxyl groups excluding tert-OH is 1. The summed E-state index contributed by atoms with van der Waals surface area (Å²) in [7, 11) is 0. The number of aryl methyl sites for hydroxylation is 1. The van der Waals surface area contributed by atoms with Gasteiger partial charge in [0.2, 0.25) is 0 Å². The lowest BCUT2D eigenvalue weighted by atomic mass is 10.0. The number of aliphatic hydroxyl groups is 1. The van der Waals surface area contributed by atoms with Crippen molar-refractivity contribution in [3.05, 3.63) is 60.0 Å². The molecule has 0 saturated carbocycles. The van der Waals surface area contributed by atoms with Crippen molar-refractivity contribution in [2.75, 3.05) is 0 Å². The molecule has 0 aliphatic heterocycles. The Kier molecular flexibility index (Phi) is 3.48. The van der Waals surface area contributed by atoms with Crippen LogP contribution in [-0.2, 0) is 13.0 Å². The minimum atomic E-state index is -0.567. The number of aromatic nitrogens is 3. The van der Waals surface area contributed by atoms with Crippen molar-refractivity contribution in [3.63, 3.8) is 0 Å². The van der Waals surface area contributed by atoms with E-state index in [2.05, 4.69) is 10.1 Å². The van der Waals surface area contributed by atoms with Crippen LogP contribution in [-0.4, -0.2) is 19.9 Å². The molecule has 0 bridgehead atoms. The Morgan fingerprint density at radius 1 is 1.25 bits per heavy atom. The average Bonchev–Trinajstić information content (AvgIpc) is 2.94. The molecule has 102 valence electrons. The topological polar surface area (TPSA) is 50.9 Å². The van der Waals surface area contributed by atoms with E-state index in [1.807, 2.05) is 54.3 Å². The first kappa shape index (κ1) is 12.8. The smallest absolute Gasteiger partial charge is 0.0852 e. The van der Waals surface area contributed by atoms with E-state index in [0.717, 1.165) is 28.6 Å². The minimum Gasteiger partial charge on any atom is -0.388 e. The van der Waals surface area contributed by atoms with Crippen LogP contribution < -0.4 is 0 Å². The molecule has 0 aliphatic carbocycles. The molecule has 1 N–H and O–H groups in total. The van der Waals surface area contributed by atoms with Crippen LogP contribution >= 0.6 is 0 Å². The van der Waals surface area contributed by atoms with Crippen molar-refractivity contribution in [1.82, 2.24) is 14.8 Å². The molecule has 0 amide bonds. The second-order valence-corrected chi connectivity index (χ2v) is 4.85. The summed E-state index contributed by atoms with van der Waals surface area (Å²) < 4.78 is 1.86. The van der Waals surface area contributed by atoms with Gasteiger partial charge in [0.05, 0.1) is 17.8 Å². The Balaban J connectivity index is 1.90. The maximum Gasteiger partial charge on any atom is 0.0852 e. The maximum atomic E-state index is 10.5. The lowest BCUT2D eigenvalue weighted by molar-refractivity contribution is 0.180. The molecule has 0 aliphatic rings. The minimum absolute atomic E-state index is 0.551. The van der Waals surface area contributed by atoms with Gasteiger partial charge in [0.15, 0.2) is 0 Å². The van der Waals surface area contributed by atoms with Gasteiger partial charge in [-0.05, 0) is 18.6 Å². The third-order valence-corrected chi connectivity index (χ3v) is 3.46. The van der Waals surface area contributed by atoms with Gasteiger partial charge in [0, 0.05) is 36.3 Å². The zero-order valence-electron chi connectivity index (χ0n) is 11.4. The first-order valence-electron chi connectivity index (χ1n) is 6.81. The predicted octanol–water partition coefficient (Wildman–Crippen LogP) is 2.73. The van der Waals surface area contributed by atoms with Gasteiger partial charge in [-0.15, -0.1) is 0 Å². The molecule has 0 fully saturated rings. The van der Waals surface area contributed by atoms with Crippen LogP contribution in [0.4, 0.5) is 0 Å². The number of benzene rings is 1. The van der Waals surface area contributed by atoms with E-state index >= 15 is 0 Å². The Morgan fingerprint density at radius 3 is 2.90 bits per heavy atom. The molecule has 0 spiro atoms. The van der Waals surface area contributed by atoms with E-state index in [1.54, 1.807) is 6.20 Å². The van der Waals surface area contributed by atoms with E-state index in [4.69, 9.17) is 0 Å². The van der Waals surface area contributed by atoms with Gasteiger partial charge in [-0.3, -0.25) is 9.67 Å². The molecule has 4 heteroatoms. The molecular formula is C16H17N3O. The highest BCUT2D eigenvalue weighted by atomic mass is 16.3. The molecule has 0 saturated heterocycles. The van der Waals surface area contributed by atoms with Crippen LogP contribution in [0.3, 0.4) is 0 Å². The van der Waals surface area contributed by atoms with Gasteiger partial charge in [-0.1, -0.05) is 24.3 Å². The average molecular weight is 267 g/mol. The monoisotopic (exact) mass is 267 g/mol. The third kappa shape index (κ3) is 2.42. The van der Waals surface area contributed by atoms with Crippen LogP contribution in [0.5, 0.6) is 0 Å². The quantitative estimate of drug-likeness (QED) is 0.790. The van der Waals surface area contributed by atoms with Crippen LogP contribution in [0.1, 0.15) is 24.2 Å². The van der Waals surface area contributed by atoms with Crippen LogP contribution in [0.2, 0.25) is 0 Å². The Bertz CT molecular complexity index is 715. The van der Waals surface area contributed by atoms with Gasteiger partial charge in [-0.2, -0.15) is 5.10 Å². The lowest BCUT2D eigenvalue weighted by Crippen LogP contribution is -2.03. The first-order chi connectivity index (χ1) is 9.78. The molecule has 2 aromatic heterocycles. The molecule has 20 heavy (non-hydrogen) atoms. The van der Waals surface area contributed by atoms with E-state index < -0.39 is 6.10 Å². The lowest BCUT2D eigenvalue weighted by Gasteiger charge is -2.12.